The summed E-state index contributed by atoms with van der Waals surface area (Å²) in [6.45, 7) is 10.3. The molecule has 1 saturated heterocycles. The minimum absolute atomic E-state index is 0.0297. The molecule has 2 fully saturated rings. The number of nitrogens with one attached hydrogen (secondary N) is 1. The highest BCUT2D eigenvalue weighted by atomic mass is 16.5. The third-order valence-electron chi connectivity index (χ3n) is 6.11. The van der Waals surface area contributed by atoms with Gasteiger partial charge in [-0.15, -0.1) is 0 Å². The minimum Gasteiger partial charge on any atom is -0.378 e. The van der Waals surface area contributed by atoms with Gasteiger partial charge in [0.05, 0.1) is 6.10 Å². The quantitative estimate of drug-likeness (QED) is 0.837. The molecule has 122 valence electrons. The Bertz CT molecular complexity index is 370. The smallest absolute Gasteiger partial charge is 0.223 e. The maximum Gasteiger partial charge on any atom is 0.223 e. The molecule has 1 aliphatic carbocycles. The van der Waals surface area contributed by atoms with Gasteiger partial charge in [-0.3, -0.25) is 4.79 Å². The van der Waals surface area contributed by atoms with E-state index in [9.17, 15) is 4.79 Å². The maximum atomic E-state index is 12.6. The molecule has 0 spiro atoms. The van der Waals surface area contributed by atoms with Gasteiger partial charge in [-0.1, -0.05) is 27.7 Å². The lowest BCUT2D eigenvalue weighted by Gasteiger charge is -2.46. The van der Waals surface area contributed by atoms with Gasteiger partial charge in [-0.2, -0.15) is 0 Å². The van der Waals surface area contributed by atoms with Crippen molar-refractivity contribution in [3.05, 3.63) is 0 Å². The molecule has 3 N–H and O–H groups in total. The summed E-state index contributed by atoms with van der Waals surface area (Å²) in [4.78, 5) is 12.6. The van der Waals surface area contributed by atoms with Gasteiger partial charge < -0.3 is 15.8 Å². The molecule has 1 amide bonds. The Hall–Kier alpha value is -0.610. The standard InChI is InChI=1S/C17H32N2O2/c1-5-15-12(8-9-21-15)10-19-16(20)13-6-7-14(18)11(2)17(13,3)4/h11-15H,5-10,18H2,1-4H3,(H,19,20). The lowest BCUT2D eigenvalue weighted by atomic mass is 9.61. The molecular weight excluding hydrogens is 264 g/mol. The molecule has 1 heterocycles. The molecule has 0 radical (unpaired) electrons. The van der Waals surface area contributed by atoms with Crippen LogP contribution >= 0.6 is 0 Å². The largest absolute Gasteiger partial charge is 0.378 e. The van der Waals surface area contributed by atoms with Crippen molar-refractivity contribution in [1.82, 2.24) is 5.32 Å². The molecule has 5 atom stereocenters. The predicted octanol–water partition coefficient (Wildman–Crippen LogP) is 2.32. The zero-order valence-corrected chi connectivity index (χ0v) is 14.0. The first kappa shape index (κ1) is 16.8. The first-order valence-electron chi connectivity index (χ1n) is 8.52. The Balaban J connectivity index is 1.91. The van der Waals surface area contributed by atoms with Gasteiger partial charge in [-0.05, 0) is 37.0 Å². The second-order valence-corrected chi connectivity index (χ2v) is 7.52. The summed E-state index contributed by atoms with van der Waals surface area (Å²) in [6.07, 6.45) is 4.27. The van der Waals surface area contributed by atoms with E-state index in [4.69, 9.17) is 10.5 Å². The molecule has 1 saturated carbocycles. The van der Waals surface area contributed by atoms with Crippen LogP contribution in [0, 0.1) is 23.2 Å². The first-order valence-corrected chi connectivity index (χ1v) is 8.52. The third-order valence-corrected chi connectivity index (χ3v) is 6.11. The van der Waals surface area contributed by atoms with E-state index < -0.39 is 0 Å². The fourth-order valence-corrected chi connectivity index (χ4v) is 4.05. The summed E-state index contributed by atoms with van der Waals surface area (Å²) < 4.78 is 5.70. The second kappa shape index (κ2) is 6.66. The Labute approximate surface area is 129 Å². The average Bonchev–Trinajstić information content (AvgIpc) is 2.90. The molecule has 5 unspecified atom stereocenters. The van der Waals surface area contributed by atoms with E-state index in [0.29, 0.717) is 17.9 Å². The zero-order valence-electron chi connectivity index (χ0n) is 14.0. The second-order valence-electron chi connectivity index (χ2n) is 7.52. The van der Waals surface area contributed by atoms with E-state index in [1.165, 1.54) is 0 Å². The van der Waals surface area contributed by atoms with Crippen molar-refractivity contribution in [2.24, 2.45) is 28.9 Å². The van der Waals surface area contributed by atoms with Crippen molar-refractivity contribution in [3.63, 3.8) is 0 Å². The summed E-state index contributed by atoms with van der Waals surface area (Å²) in [5, 5.41) is 3.19. The van der Waals surface area contributed by atoms with Crippen LogP contribution in [0.5, 0.6) is 0 Å². The van der Waals surface area contributed by atoms with Gasteiger partial charge in [0.2, 0.25) is 5.91 Å². The van der Waals surface area contributed by atoms with E-state index >= 15 is 0 Å². The summed E-state index contributed by atoms with van der Waals surface area (Å²) in [5.41, 5.74) is 6.15. The average molecular weight is 296 g/mol. The monoisotopic (exact) mass is 296 g/mol. The lowest BCUT2D eigenvalue weighted by Crippen LogP contribution is -2.52. The maximum absolute atomic E-state index is 12.6. The molecule has 1 aliphatic heterocycles. The van der Waals surface area contributed by atoms with Crippen molar-refractivity contribution in [1.29, 1.82) is 0 Å². The summed E-state index contributed by atoms with van der Waals surface area (Å²) in [6, 6.07) is 0.219. The summed E-state index contributed by atoms with van der Waals surface area (Å²) in [7, 11) is 0. The van der Waals surface area contributed by atoms with Crippen molar-refractivity contribution in [3.8, 4) is 0 Å². The van der Waals surface area contributed by atoms with Crippen molar-refractivity contribution >= 4 is 5.91 Å². The minimum atomic E-state index is -0.0297. The summed E-state index contributed by atoms with van der Waals surface area (Å²) >= 11 is 0. The summed E-state index contributed by atoms with van der Waals surface area (Å²) in [5.74, 6) is 1.14. The number of hydrogen-bond donors (Lipinski definition) is 2. The molecule has 0 aromatic rings. The van der Waals surface area contributed by atoms with Crippen LogP contribution < -0.4 is 11.1 Å². The van der Waals surface area contributed by atoms with Crippen LogP contribution in [0.3, 0.4) is 0 Å². The van der Waals surface area contributed by atoms with Crippen LogP contribution in [0.2, 0.25) is 0 Å². The van der Waals surface area contributed by atoms with Crippen LogP contribution in [-0.2, 0) is 9.53 Å². The van der Waals surface area contributed by atoms with Gasteiger partial charge >= 0.3 is 0 Å². The molecule has 2 aliphatic rings. The Kier molecular flexibility index (Phi) is 5.31. The fourth-order valence-electron chi connectivity index (χ4n) is 4.05. The van der Waals surface area contributed by atoms with Gasteiger partial charge in [0, 0.05) is 31.0 Å². The van der Waals surface area contributed by atoms with E-state index in [-0.39, 0.29) is 23.3 Å². The van der Waals surface area contributed by atoms with Crippen molar-refractivity contribution in [2.75, 3.05) is 13.2 Å². The topological polar surface area (TPSA) is 64.3 Å². The number of ether oxygens (including phenoxy) is 1. The Morgan fingerprint density at radius 1 is 1.33 bits per heavy atom. The number of hydrogen-bond acceptors (Lipinski definition) is 3. The number of carbonyl (C=O) groups excluding carboxylic acids is 1. The fraction of sp³-hybridized carbons (Fsp3) is 0.941. The number of carbonyl (C=O) groups is 1. The molecule has 4 nitrogen and oxygen atoms in total. The van der Waals surface area contributed by atoms with Gasteiger partial charge in [-0.25, -0.2) is 0 Å². The molecule has 0 aromatic carbocycles. The van der Waals surface area contributed by atoms with Gasteiger partial charge in [0.15, 0.2) is 0 Å². The van der Waals surface area contributed by atoms with Crippen LogP contribution in [0.1, 0.15) is 53.4 Å². The number of rotatable bonds is 4. The van der Waals surface area contributed by atoms with E-state index in [1.807, 2.05) is 0 Å². The van der Waals surface area contributed by atoms with Crippen molar-refractivity contribution in [2.45, 2.75) is 65.5 Å². The van der Waals surface area contributed by atoms with Crippen molar-refractivity contribution < 1.29 is 9.53 Å². The molecule has 4 heteroatoms. The van der Waals surface area contributed by atoms with Gasteiger partial charge in [0.1, 0.15) is 0 Å². The highest BCUT2D eigenvalue weighted by molar-refractivity contribution is 5.79. The lowest BCUT2D eigenvalue weighted by molar-refractivity contribution is -0.132. The molecule has 2 rings (SSSR count). The van der Waals surface area contributed by atoms with Crippen LogP contribution in [0.25, 0.3) is 0 Å². The third kappa shape index (κ3) is 3.42. The molecule has 0 bridgehead atoms. The zero-order chi connectivity index (χ0) is 15.6. The number of nitrogens with two attached hydrogens (primary N) is 1. The van der Waals surface area contributed by atoms with Crippen LogP contribution in [-0.4, -0.2) is 31.2 Å². The highest BCUT2D eigenvalue weighted by Gasteiger charge is 2.45. The normalized spacial score (nSPS) is 39.2. The van der Waals surface area contributed by atoms with E-state index in [2.05, 4.69) is 33.0 Å². The SMILES string of the molecule is CCC1OCCC1CNC(=O)C1CCC(N)C(C)C1(C)C. The van der Waals surface area contributed by atoms with E-state index in [0.717, 1.165) is 38.8 Å². The highest BCUT2D eigenvalue weighted by Crippen LogP contribution is 2.44. The van der Waals surface area contributed by atoms with Crippen LogP contribution in [0.4, 0.5) is 0 Å². The van der Waals surface area contributed by atoms with Crippen LogP contribution in [0.15, 0.2) is 0 Å². The Morgan fingerprint density at radius 2 is 2.05 bits per heavy atom. The molecule has 21 heavy (non-hydrogen) atoms. The Morgan fingerprint density at radius 3 is 2.71 bits per heavy atom. The predicted molar refractivity (Wildman–Crippen MR) is 84.8 cm³/mol. The molecular formula is C17H32N2O2. The first-order chi connectivity index (χ1) is 9.87. The van der Waals surface area contributed by atoms with E-state index in [1.54, 1.807) is 0 Å². The molecule has 0 aromatic heterocycles. The number of amides is 1. The van der Waals surface area contributed by atoms with Gasteiger partial charge in [0.25, 0.3) is 0 Å².